The van der Waals surface area contributed by atoms with Gasteiger partial charge in [0.25, 0.3) is 11.2 Å². The molecule has 2 aromatic carbocycles. The number of nitro groups is 1. The summed E-state index contributed by atoms with van der Waals surface area (Å²) in [6.07, 6.45) is 1.37. The molecule has 0 fully saturated rings. The summed E-state index contributed by atoms with van der Waals surface area (Å²) >= 11 is 1.28. The van der Waals surface area contributed by atoms with Gasteiger partial charge in [0.15, 0.2) is 0 Å². The number of anilines is 1. The largest absolute Gasteiger partial charge is 0.324 e. The summed E-state index contributed by atoms with van der Waals surface area (Å²) in [6.45, 7) is 5.51. The lowest BCUT2D eigenvalue weighted by molar-refractivity contribution is -0.384. The van der Waals surface area contributed by atoms with Crippen LogP contribution in [0.1, 0.15) is 24.1 Å². The van der Waals surface area contributed by atoms with Crippen LogP contribution in [0.2, 0.25) is 0 Å². The molecule has 9 heteroatoms. The number of rotatable bonds is 5. The van der Waals surface area contributed by atoms with Gasteiger partial charge in [-0.3, -0.25) is 24.3 Å². The number of benzene rings is 2. The van der Waals surface area contributed by atoms with Gasteiger partial charge in [-0.2, -0.15) is 0 Å². The fourth-order valence-corrected chi connectivity index (χ4v) is 4.44. The van der Waals surface area contributed by atoms with Crippen molar-refractivity contribution in [2.24, 2.45) is 0 Å². The predicted molar refractivity (Wildman–Crippen MR) is 125 cm³/mol. The molecule has 2 heterocycles. The van der Waals surface area contributed by atoms with Crippen molar-refractivity contribution >= 4 is 38.8 Å². The average Bonchev–Trinajstić information content (AvgIpc) is 3.20. The lowest BCUT2D eigenvalue weighted by Crippen LogP contribution is -2.31. The molecule has 162 valence electrons. The molecular formula is C23H20N4O4S. The first-order valence-electron chi connectivity index (χ1n) is 9.87. The first-order valence-corrected chi connectivity index (χ1v) is 10.8. The van der Waals surface area contributed by atoms with Gasteiger partial charge in [0.05, 0.1) is 16.6 Å². The van der Waals surface area contributed by atoms with E-state index in [-0.39, 0.29) is 17.2 Å². The van der Waals surface area contributed by atoms with Crippen molar-refractivity contribution in [2.45, 2.75) is 26.8 Å². The van der Waals surface area contributed by atoms with Crippen LogP contribution >= 0.6 is 11.3 Å². The summed E-state index contributed by atoms with van der Waals surface area (Å²) in [5.41, 5.74) is 3.37. The van der Waals surface area contributed by atoms with E-state index in [4.69, 9.17) is 0 Å². The van der Waals surface area contributed by atoms with Gasteiger partial charge < -0.3 is 5.32 Å². The van der Waals surface area contributed by atoms with Gasteiger partial charge in [-0.05, 0) is 38.0 Å². The number of carbonyl (C=O) groups is 1. The molecule has 0 radical (unpaired) electrons. The SMILES string of the molecule is Cc1ccc(NC(=O)C(C)n2cnc3scc(-c4cccc([N+](=O)[O-])c4)c3c2=O)c(C)c1. The fraction of sp³-hybridized carbons (Fsp3) is 0.174. The summed E-state index contributed by atoms with van der Waals surface area (Å²) in [5, 5.41) is 16.1. The Bertz CT molecular complexity index is 1420. The molecule has 0 aliphatic rings. The number of nitrogens with one attached hydrogen (secondary N) is 1. The molecule has 1 amide bonds. The minimum absolute atomic E-state index is 0.0627. The van der Waals surface area contributed by atoms with Crippen molar-refractivity contribution in [3.05, 3.63) is 85.8 Å². The Morgan fingerprint density at radius 1 is 1.22 bits per heavy atom. The van der Waals surface area contributed by atoms with Gasteiger partial charge in [-0.1, -0.05) is 29.8 Å². The zero-order valence-corrected chi connectivity index (χ0v) is 18.5. The number of hydrogen-bond donors (Lipinski definition) is 1. The van der Waals surface area contributed by atoms with E-state index in [1.165, 1.54) is 34.4 Å². The van der Waals surface area contributed by atoms with Crippen molar-refractivity contribution in [2.75, 3.05) is 5.32 Å². The van der Waals surface area contributed by atoms with E-state index in [1.807, 2.05) is 32.0 Å². The molecule has 0 aliphatic heterocycles. The number of nitrogens with zero attached hydrogens (tertiary/aromatic N) is 3. The maximum atomic E-state index is 13.3. The molecule has 1 atom stereocenters. The number of hydrogen-bond acceptors (Lipinski definition) is 6. The lowest BCUT2D eigenvalue weighted by atomic mass is 10.1. The number of non-ortho nitro benzene ring substituents is 1. The minimum Gasteiger partial charge on any atom is -0.324 e. The minimum atomic E-state index is -0.807. The first kappa shape index (κ1) is 21.4. The van der Waals surface area contributed by atoms with Crippen molar-refractivity contribution in [1.29, 1.82) is 0 Å². The molecule has 2 aromatic heterocycles. The highest BCUT2D eigenvalue weighted by Gasteiger charge is 2.21. The van der Waals surface area contributed by atoms with E-state index in [0.717, 1.165) is 11.1 Å². The number of carbonyl (C=O) groups excluding carboxylic acids is 1. The summed E-state index contributed by atoms with van der Waals surface area (Å²) in [5.74, 6) is -0.340. The first-order chi connectivity index (χ1) is 15.3. The molecular weight excluding hydrogens is 428 g/mol. The topological polar surface area (TPSA) is 107 Å². The quantitative estimate of drug-likeness (QED) is 0.347. The van der Waals surface area contributed by atoms with E-state index >= 15 is 0 Å². The van der Waals surface area contributed by atoms with E-state index in [2.05, 4.69) is 10.3 Å². The van der Waals surface area contributed by atoms with Gasteiger partial charge in [-0.25, -0.2) is 4.98 Å². The van der Waals surface area contributed by atoms with Crippen LogP contribution in [0.4, 0.5) is 11.4 Å². The number of aryl methyl sites for hydroxylation is 2. The summed E-state index contributed by atoms with van der Waals surface area (Å²) in [7, 11) is 0. The van der Waals surface area contributed by atoms with Crippen molar-refractivity contribution in [1.82, 2.24) is 9.55 Å². The zero-order chi connectivity index (χ0) is 23.0. The smallest absolute Gasteiger partial charge is 0.270 e. The predicted octanol–water partition coefficient (Wildman–Crippen LogP) is 4.85. The third-order valence-corrected chi connectivity index (χ3v) is 6.21. The molecule has 1 unspecified atom stereocenters. The molecule has 1 N–H and O–H groups in total. The molecule has 0 spiro atoms. The fourth-order valence-electron chi connectivity index (χ4n) is 3.54. The zero-order valence-electron chi connectivity index (χ0n) is 17.7. The highest BCUT2D eigenvalue weighted by atomic mass is 32.1. The number of nitro benzene ring substituents is 1. The molecule has 0 bridgehead atoms. The number of amides is 1. The van der Waals surface area contributed by atoms with E-state index in [0.29, 0.717) is 27.0 Å². The maximum absolute atomic E-state index is 13.3. The van der Waals surface area contributed by atoms with Crippen LogP contribution in [0.3, 0.4) is 0 Å². The Morgan fingerprint density at radius 2 is 2.00 bits per heavy atom. The third-order valence-electron chi connectivity index (χ3n) is 5.32. The van der Waals surface area contributed by atoms with Gasteiger partial charge in [0.1, 0.15) is 10.9 Å². The normalized spacial score (nSPS) is 12.0. The van der Waals surface area contributed by atoms with Crippen molar-refractivity contribution in [3.63, 3.8) is 0 Å². The Balaban J connectivity index is 1.72. The molecule has 0 saturated heterocycles. The Kier molecular flexibility index (Phi) is 5.58. The summed E-state index contributed by atoms with van der Waals surface area (Å²) in [4.78, 5) is 41.7. The van der Waals surface area contributed by atoms with Crippen molar-refractivity contribution < 1.29 is 9.72 Å². The standard InChI is InChI=1S/C23H20N4O4S/c1-13-7-8-19(14(2)9-13)25-21(28)15(3)26-12-24-22-20(23(26)29)18(11-32-22)16-5-4-6-17(10-16)27(30)31/h4-12,15H,1-3H3,(H,25,28). The maximum Gasteiger partial charge on any atom is 0.270 e. The van der Waals surface area contributed by atoms with Crippen LogP contribution in [0.15, 0.2) is 59.0 Å². The number of fused-ring (bicyclic) bond motifs is 1. The van der Waals surface area contributed by atoms with Crippen LogP contribution in [0.25, 0.3) is 21.3 Å². The second-order valence-corrected chi connectivity index (χ2v) is 8.44. The highest BCUT2D eigenvalue weighted by Crippen LogP contribution is 2.32. The Hall–Kier alpha value is -3.85. The van der Waals surface area contributed by atoms with E-state index in [9.17, 15) is 19.7 Å². The number of aromatic nitrogens is 2. The van der Waals surface area contributed by atoms with Gasteiger partial charge in [0, 0.05) is 28.8 Å². The molecule has 0 aliphatic carbocycles. The van der Waals surface area contributed by atoms with Crippen LogP contribution in [-0.4, -0.2) is 20.4 Å². The van der Waals surface area contributed by atoms with Crippen molar-refractivity contribution in [3.8, 4) is 11.1 Å². The van der Waals surface area contributed by atoms with Gasteiger partial charge in [0.2, 0.25) is 5.91 Å². The Labute approximate surface area is 187 Å². The monoisotopic (exact) mass is 448 g/mol. The average molecular weight is 449 g/mol. The molecule has 4 rings (SSSR count). The highest BCUT2D eigenvalue weighted by molar-refractivity contribution is 7.17. The number of thiophene rings is 1. The summed E-state index contributed by atoms with van der Waals surface area (Å²) < 4.78 is 1.29. The van der Waals surface area contributed by atoms with Crippen LogP contribution in [0.5, 0.6) is 0 Å². The van der Waals surface area contributed by atoms with Gasteiger partial charge in [-0.15, -0.1) is 11.3 Å². The Morgan fingerprint density at radius 3 is 2.72 bits per heavy atom. The van der Waals surface area contributed by atoms with Crippen LogP contribution in [0, 0.1) is 24.0 Å². The summed E-state index contributed by atoms with van der Waals surface area (Å²) in [6, 6.07) is 11.0. The molecule has 0 saturated carbocycles. The van der Waals surface area contributed by atoms with Crippen LogP contribution in [-0.2, 0) is 4.79 Å². The molecule has 4 aromatic rings. The van der Waals surface area contributed by atoms with E-state index < -0.39 is 11.0 Å². The van der Waals surface area contributed by atoms with Crippen LogP contribution < -0.4 is 10.9 Å². The van der Waals surface area contributed by atoms with E-state index in [1.54, 1.807) is 24.4 Å². The van der Waals surface area contributed by atoms with Gasteiger partial charge >= 0.3 is 0 Å². The molecule has 32 heavy (non-hydrogen) atoms. The second kappa shape index (κ2) is 8.35. The third kappa shape index (κ3) is 3.90. The molecule has 8 nitrogen and oxygen atoms in total. The second-order valence-electron chi connectivity index (χ2n) is 7.58. The lowest BCUT2D eigenvalue weighted by Gasteiger charge is -2.16.